The summed E-state index contributed by atoms with van der Waals surface area (Å²) < 4.78 is 0. The average Bonchev–Trinajstić information content (AvgIpc) is 2.73. The first-order valence-electron chi connectivity index (χ1n) is 5.24. The van der Waals surface area contributed by atoms with Crippen LogP contribution in [-0.2, 0) is 0 Å². The molecule has 0 saturated heterocycles. The van der Waals surface area contributed by atoms with Crippen molar-refractivity contribution in [1.29, 1.82) is 0 Å². The molecule has 14 heavy (non-hydrogen) atoms. The molecule has 1 aromatic rings. The Kier molecular flexibility index (Phi) is 5.15. The lowest BCUT2D eigenvalue weighted by Gasteiger charge is -2.19. The van der Waals surface area contributed by atoms with E-state index in [2.05, 4.69) is 23.8 Å². The van der Waals surface area contributed by atoms with E-state index in [1.54, 1.807) is 11.3 Å². The lowest BCUT2D eigenvalue weighted by molar-refractivity contribution is 0.443. The lowest BCUT2D eigenvalue weighted by atomic mass is 9.88. The summed E-state index contributed by atoms with van der Waals surface area (Å²) in [4.78, 5) is 0. The smallest absolute Gasteiger partial charge is 0.00366 e. The molecule has 0 aliphatic heterocycles. The van der Waals surface area contributed by atoms with Crippen LogP contribution in [0.25, 0.3) is 0 Å². The Hall–Kier alpha value is -0.380. The van der Waals surface area contributed by atoms with E-state index in [1.165, 1.54) is 12.0 Å². The fourth-order valence-electron chi connectivity index (χ4n) is 1.74. The van der Waals surface area contributed by atoms with Gasteiger partial charge in [0.2, 0.25) is 0 Å². The summed E-state index contributed by atoms with van der Waals surface area (Å²) in [6, 6.07) is 2.21. The predicted molar refractivity (Wildman–Crippen MR) is 63.6 cm³/mol. The van der Waals surface area contributed by atoms with Crippen molar-refractivity contribution in [1.82, 2.24) is 0 Å². The van der Waals surface area contributed by atoms with E-state index in [4.69, 9.17) is 11.5 Å². The number of nitrogens with two attached hydrogens (primary N) is 2. The zero-order chi connectivity index (χ0) is 10.4. The summed E-state index contributed by atoms with van der Waals surface area (Å²) in [5, 5.41) is 4.37. The van der Waals surface area contributed by atoms with Crippen LogP contribution >= 0.6 is 11.3 Å². The van der Waals surface area contributed by atoms with Gasteiger partial charge in [-0.1, -0.05) is 6.92 Å². The van der Waals surface area contributed by atoms with Gasteiger partial charge in [-0.05, 0) is 60.2 Å². The first kappa shape index (κ1) is 11.7. The Balaban J connectivity index is 2.55. The zero-order valence-electron chi connectivity index (χ0n) is 8.78. The van der Waals surface area contributed by atoms with E-state index < -0.39 is 0 Å². The molecule has 80 valence electrons. The van der Waals surface area contributed by atoms with E-state index in [0.29, 0.717) is 24.9 Å². The highest BCUT2D eigenvalue weighted by atomic mass is 32.1. The van der Waals surface area contributed by atoms with Gasteiger partial charge in [-0.25, -0.2) is 0 Å². The highest BCUT2D eigenvalue weighted by Gasteiger charge is 2.14. The fraction of sp³-hybridized carbons (Fsp3) is 0.636. The summed E-state index contributed by atoms with van der Waals surface area (Å²) in [6.45, 7) is 3.64. The van der Waals surface area contributed by atoms with Crippen LogP contribution < -0.4 is 11.5 Å². The minimum atomic E-state index is 0.472. The topological polar surface area (TPSA) is 52.0 Å². The van der Waals surface area contributed by atoms with Crippen LogP contribution in [0.2, 0.25) is 0 Å². The van der Waals surface area contributed by atoms with Crippen molar-refractivity contribution in [2.45, 2.75) is 25.7 Å². The Bertz CT molecular complexity index is 229. The molecule has 0 aliphatic rings. The molecular weight excluding hydrogens is 192 g/mol. The fourth-order valence-corrected chi connectivity index (χ4v) is 2.48. The quantitative estimate of drug-likeness (QED) is 0.759. The van der Waals surface area contributed by atoms with Crippen molar-refractivity contribution in [3.8, 4) is 0 Å². The van der Waals surface area contributed by atoms with E-state index in [9.17, 15) is 0 Å². The standard InChI is InChI=1S/C11H20N2S/c1-2-10(5-9(6-12)7-13)11-3-4-14-8-11/h3-4,8-10H,2,5-7,12-13H2,1H3. The molecule has 0 spiro atoms. The molecule has 2 nitrogen and oxygen atoms in total. The van der Waals surface area contributed by atoms with Crippen molar-refractivity contribution in [3.05, 3.63) is 22.4 Å². The van der Waals surface area contributed by atoms with Crippen LogP contribution in [0.4, 0.5) is 0 Å². The largest absolute Gasteiger partial charge is 0.330 e. The highest BCUT2D eigenvalue weighted by molar-refractivity contribution is 7.07. The third-order valence-corrected chi connectivity index (χ3v) is 3.49. The summed E-state index contributed by atoms with van der Waals surface area (Å²) >= 11 is 1.76. The van der Waals surface area contributed by atoms with Crippen molar-refractivity contribution in [2.75, 3.05) is 13.1 Å². The van der Waals surface area contributed by atoms with Gasteiger partial charge in [0.1, 0.15) is 0 Å². The van der Waals surface area contributed by atoms with Gasteiger partial charge in [0.05, 0.1) is 0 Å². The zero-order valence-corrected chi connectivity index (χ0v) is 9.59. The first-order chi connectivity index (χ1) is 6.81. The van der Waals surface area contributed by atoms with Crippen molar-refractivity contribution >= 4 is 11.3 Å². The van der Waals surface area contributed by atoms with Crippen LogP contribution in [0, 0.1) is 5.92 Å². The van der Waals surface area contributed by atoms with Crippen molar-refractivity contribution < 1.29 is 0 Å². The molecule has 4 N–H and O–H groups in total. The van der Waals surface area contributed by atoms with Gasteiger partial charge in [-0.2, -0.15) is 11.3 Å². The molecule has 0 radical (unpaired) electrons. The van der Waals surface area contributed by atoms with E-state index in [-0.39, 0.29) is 0 Å². The summed E-state index contributed by atoms with van der Waals surface area (Å²) in [5.74, 6) is 1.11. The average molecular weight is 212 g/mol. The molecule has 1 heterocycles. The molecule has 3 heteroatoms. The number of hydrogen-bond donors (Lipinski definition) is 2. The molecule has 0 bridgehead atoms. The molecule has 1 aromatic heterocycles. The third-order valence-electron chi connectivity index (χ3n) is 2.79. The molecule has 0 fully saturated rings. The SMILES string of the molecule is CCC(CC(CN)CN)c1ccsc1. The van der Waals surface area contributed by atoms with Crippen LogP contribution in [0.15, 0.2) is 16.8 Å². The second-order valence-corrected chi connectivity index (χ2v) is 4.52. The lowest BCUT2D eigenvalue weighted by Crippen LogP contribution is -2.25. The molecule has 1 rings (SSSR count). The summed E-state index contributed by atoms with van der Waals surface area (Å²) in [5.41, 5.74) is 12.8. The summed E-state index contributed by atoms with van der Waals surface area (Å²) in [6.07, 6.45) is 2.30. The molecule has 0 aromatic carbocycles. The third kappa shape index (κ3) is 3.08. The number of hydrogen-bond acceptors (Lipinski definition) is 3. The second kappa shape index (κ2) is 6.17. The Labute approximate surface area is 90.3 Å². The van der Waals surface area contributed by atoms with E-state index >= 15 is 0 Å². The van der Waals surface area contributed by atoms with Crippen LogP contribution in [0.5, 0.6) is 0 Å². The van der Waals surface area contributed by atoms with Crippen molar-refractivity contribution in [2.24, 2.45) is 17.4 Å². The summed E-state index contributed by atoms with van der Waals surface area (Å²) in [7, 11) is 0. The maximum atomic E-state index is 5.66. The van der Waals surface area contributed by atoms with Gasteiger partial charge < -0.3 is 11.5 Å². The second-order valence-electron chi connectivity index (χ2n) is 3.73. The van der Waals surface area contributed by atoms with E-state index in [0.717, 1.165) is 6.42 Å². The normalized spacial score (nSPS) is 13.4. The highest BCUT2D eigenvalue weighted by Crippen LogP contribution is 2.27. The van der Waals surface area contributed by atoms with Gasteiger partial charge in [0, 0.05) is 0 Å². The Morgan fingerprint density at radius 1 is 1.36 bits per heavy atom. The van der Waals surface area contributed by atoms with Crippen LogP contribution in [-0.4, -0.2) is 13.1 Å². The minimum Gasteiger partial charge on any atom is -0.330 e. The molecule has 1 unspecified atom stereocenters. The maximum absolute atomic E-state index is 5.66. The van der Waals surface area contributed by atoms with Gasteiger partial charge in [0.25, 0.3) is 0 Å². The minimum absolute atomic E-state index is 0.472. The number of thiophene rings is 1. The van der Waals surface area contributed by atoms with Crippen LogP contribution in [0.3, 0.4) is 0 Å². The predicted octanol–water partition coefficient (Wildman–Crippen LogP) is 2.17. The maximum Gasteiger partial charge on any atom is -0.00366 e. The Morgan fingerprint density at radius 2 is 2.07 bits per heavy atom. The van der Waals surface area contributed by atoms with Crippen LogP contribution in [0.1, 0.15) is 31.2 Å². The van der Waals surface area contributed by atoms with E-state index in [1.807, 2.05) is 0 Å². The Morgan fingerprint density at radius 3 is 2.50 bits per heavy atom. The molecule has 0 amide bonds. The molecular formula is C11H20N2S. The molecule has 0 saturated carbocycles. The molecule has 1 atom stereocenters. The molecule has 0 aliphatic carbocycles. The van der Waals surface area contributed by atoms with Gasteiger partial charge in [0.15, 0.2) is 0 Å². The van der Waals surface area contributed by atoms with Gasteiger partial charge in [-0.3, -0.25) is 0 Å². The monoisotopic (exact) mass is 212 g/mol. The first-order valence-corrected chi connectivity index (χ1v) is 6.18. The van der Waals surface area contributed by atoms with Gasteiger partial charge >= 0.3 is 0 Å². The number of rotatable bonds is 6. The van der Waals surface area contributed by atoms with Gasteiger partial charge in [-0.15, -0.1) is 0 Å². The van der Waals surface area contributed by atoms with Crippen molar-refractivity contribution in [3.63, 3.8) is 0 Å².